The number of allylic oxidation sites excluding steroid dienone is 2. The predicted molar refractivity (Wildman–Crippen MR) is 68.8 cm³/mol. The summed E-state index contributed by atoms with van der Waals surface area (Å²) in [5.74, 6) is 1.09. The van der Waals surface area contributed by atoms with Crippen LogP contribution in [0.2, 0.25) is 0 Å². The molecule has 0 aromatic carbocycles. The van der Waals surface area contributed by atoms with Gasteiger partial charge in [-0.25, -0.2) is 0 Å². The molecular formula is C15H19NO. The first-order chi connectivity index (χ1) is 8.31. The minimum absolute atomic E-state index is 0.242. The van der Waals surface area contributed by atoms with E-state index >= 15 is 0 Å². The summed E-state index contributed by atoms with van der Waals surface area (Å²) in [6, 6.07) is 6.09. The zero-order valence-corrected chi connectivity index (χ0v) is 10.3. The van der Waals surface area contributed by atoms with Crippen molar-refractivity contribution in [1.29, 1.82) is 0 Å². The van der Waals surface area contributed by atoms with Crippen LogP contribution in [0.1, 0.15) is 44.2 Å². The largest absolute Gasteiger partial charge is 0.295 e. The zero-order valence-electron chi connectivity index (χ0n) is 10.3. The van der Waals surface area contributed by atoms with Gasteiger partial charge in [-0.3, -0.25) is 9.78 Å². The molecule has 1 heterocycles. The summed E-state index contributed by atoms with van der Waals surface area (Å²) < 4.78 is 0. The Hall–Kier alpha value is -1.44. The summed E-state index contributed by atoms with van der Waals surface area (Å²) in [6.45, 7) is 1.90. The molecule has 0 saturated heterocycles. The van der Waals surface area contributed by atoms with E-state index in [-0.39, 0.29) is 5.92 Å². The molecule has 0 amide bonds. The summed E-state index contributed by atoms with van der Waals surface area (Å²) in [6.07, 6.45) is 9.59. The van der Waals surface area contributed by atoms with Crippen molar-refractivity contribution >= 4 is 5.78 Å². The molecule has 2 heteroatoms. The van der Waals surface area contributed by atoms with Crippen LogP contribution in [0.5, 0.6) is 0 Å². The van der Waals surface area contributed by atoms with E-state index in [1.807, 2.05) is 31.3 Å². The molecule has 17 heavy (non-hydrogen) atoms. The second kappa shape index (κ2) is 5.76. The van der Waals surface area contributed by atoms with E-state index < -0.39 is 0 Å². The third kappa shape index (κ3) is 3.02. The van der Waals surface area contributed by atoms with Gasteiger partial charge < -0.3 is 0 Å². The molecule has 1 aromatic rings. The molecule has 0 N–H and O–H groups in total. The van der Waals surface area contributed by atoms with Crippen LogP contribution in [0, 0.1) is 5.92 Å². The Morgan fingerprint density at radius 2 is 2.06 bits per heavy atom. The van der Waals surface area contributed by atoms with Crippen LogP contribution in [0.25, 0.3) is 0 Å². The molecule has 1 aromatic heterocycles. The Bertz CT molecular complexity index is 389. The van der Waals surface area contributed by atoms with E-state index in [4.69, 9.17) is 0 Å². The van der Waals surface area contributed by atoms with Crippen LogP contribution in [0.3, 0.4) is 0 Å². The van der Waals surface area contributed by atoms with Gasteiger partial charge in [-0.15, -0.1) is 0 Å². The second-order valence-corrected chi connectivity index (χ2v) is 4.71. The lowest BCUT2D eigenvalue weighted by Gasteiger charge is -2.26. The number of carbonyl (C=O) groups is 1. The van der Waals surface area contributed by atoms with E-state index in [9.17, 15) is 4.79 Å². The number of carbonyl (C=O) groups excluding carboxylic acids is 1. The molecule has 0 aliphatic heterocycles. The first-order valence-corrected chi connectivity index (χ1v) is 6.38. The third-order valence-corrected chi connectivity index (χ3v) is 3.57. The van der Waals surface area contributed by atoms with Crippen molar-refractivity contribution in [2.24, 2.45) is 5.92 Å². The summed E-state index contributed by atoms with van der Waals surface area (Å²) in [7, 11) is 0. The van der Waals surface area contributed by atoms with Crippen LogP contribution < -0.4 is 0 Å². The molecule has 0 unspecified atom stereocenters. The molecular weight excluding hydrogens is 210 g/mol. The maximum absolute atomic E-state index is 11.7. The first kappa shape index (κ1) is 12.0. The Balaban J connectivity index is 1.92. The lowest BCUT2D eigenvalue weighted by molar-refractivity contribution is -0.119. The minimum Gasteiger partial charge on any atom is -0.295 e. The van der Waals surface area contributed by atoms with E-state index in [1.54, 1.807) is 6.08 Å². The lowest BCUT2D eigenvalue weighted by atomic mass is 9.78. The van der Waals surface area contributed by atoms with E-state index in [1.165, 1.54) is 5.69 Å². The highest BCUT2D eigenvalue weighted by molar-refractivity contribution is 5.91. The van der Waals surface area contributed by atoms with Crippen LogP contribution >= 0.6 is 0 Å². The van der Waals surface area contributed by atoms with Crippen LogP contribution in [0.15, 0.2) is 36.5 Å². The van der Waals surface area contributed by atoms with Crippen LogP contribution in [0.4, 0.5) is 0 Å². The normalized spacial score (nSPS) is 25.0. The van der Waals surface area contributed by atoms with E-state index in [0.29, 0.717) is 11.7 Å². The molecule has 2 rings (SSSR count). The van der Waals surface area contributed by atoms with Crippen molar-refractivity contribution in [3.63, 3.8) is 0 Å². The minimum atomic E-state index is 0.242. The molecule has 1 fully saturated rings. The highest BCUT2D eigenvalue weighted by Gasteiger charge is 2.26. The van der Waals surface area contributed by atoms with Gasteiger partial charge in [-0.2, -0.15) is 0 Å². The number of hydrogen-bond donors (Lipinski definition) is 0. The molecule has 90 valence electrons. The van der Waals surface area contributed by atoms with Gasteiger partial charge in [-0.1, -0.05) is 12.1 Å². The first-order valence-electron chi connectivity index (χ1n) is 6.38. The maximum atomic E-state index is 11.7. The van der Waals surface area contributed by atoms with Crippen molar-refractivity contribution in [3.8, 4) is 0 Å². The fraction of sp³-hybridized carbons (Fsp3) is 0.467. The quantitative estimate of drug-likeness (QED) is 0.742. The summed E-state index contributed by atoms with van der Waals surface area (Å²) >= 11 is 0. The summed E-state index contributed by atoms with van der Waals surface area (Å²) in [4.78, 5) is 16.1. The van der Waals surface area contributed by atoms with Crippen LogP contribution in [-0.2, 0) is 4.79 Å². The number of pyridine rings is 1. The Labute approximate surface area is 103 Å². The monoisotopic (exact) mass is 229 g/mol. The van der Waals surface area contributed by atoms with Gasteiger partial charge >= 0.3 is 0 Å². The van der Waals surface area contributed by atoms with Gasteiger partial charge in [0.25, 0.3) is 0 Å². The van der Waals surface area contributed by atoms with Crippen molar-refractivity contribution < 1.29 is 4.79 Å². The number of rotatable bonds is 3. The fourth-order valence-electron chi connectivity index (χ4n) is 2.59. The van der Waals surface area contributed by atoms with Crippen molar-refractivity contribution in [2.75, 3.05) is 0 Å². The van der Waals surface area contributed by atoms with Crippen molar-refractivity contribution in [2.45, 2.75) is 38.5 Å². The molecule has 0 bridgehead atoms. The highest BCUT2D eigenvalue weighted by Crippen LogP contribution is 2.35. The predicted octanol–water partition coefficient (Wildman–Crippen LogP) is 3.50. The number of aromatic nitrogens is 1. The number of ketones is 1. The third-order valence-electron chi connectivity index (χ3n) is 3.57. The highest BCUT2D eigenvalue weighted by atomic mass is 16.1. The van der Waals surface area contributed by atoms with E-state index in [2.05, 4.69) is 11.1 Å². The second-order valence-electron chi connectivity index (χ2n) is 4.71. The average molecular weight is 229 g/mol. The maximum Gasteiger partial charge on any atom is 0.158 e. The molecule has 0 atom stereocenters. The molecule has 1 aliphatic rings. The Morgan fingerprint density at radius 3 is 2.65 bits per heavy atom. The van der Waals surface area contributed by atoms with Crippen molar-refractivity contribution in [3.05, 3.63) is 42.2 Å². The summed E-state index contributed by atoms with van der Waals surface area (Å²) in [5, 5.41) is 0. The molecule has 0 radical (unpaired) electrons. The summed E-state index contributed by atoms with van der Waals surface area (Å²) in [5.41, 5.74) is 1.18. The van der Waals surface area contributed by atoms with Gasteiger partial charge in [0.15, 0.2) is 5.78 Å². The topological polar surface area (TPSA) is 30.0 Å². The van der Waals surface area contributed by atoms with Gasteiger partial charge in [0.2, 0.25) is 0 Å². The van der Waals surface area contributed by atoms with E-state index in [0.717, 1.165) is 25.7 Å². The number of hydrogen-bond acceptors (Lipinski definition) is 2. The molecule has 1 saturated carbocycles. The standard InChI is InChI=1S/C15H19NO/c1-2-5-15(17)13-9-7-12(8-10-13)14-6-3-4-11-16-14/h2-6,11-13H,7-10H2,1H3/b5-2+. The SMILES string of the molecule is C/C=C/C(=O)C1CCC(c2ccccn2)CC1. The van der Waals surface area contributed by atoms with Gasteiger partial charge in [-0.05, 0) is 50.8 Å². The average Bonchev–Trinajstić information content (AvgIpc) is 2.40. The van der Waals surface area contributed by atoms with Crippen molar-refractivity contribution in [1.82, 2.24) is 4.98 Å². The Morgan fingerprint density at radius 1 is 1.29 bits per heavy atom. The Kier molecular flexibility index (Phi) is 4.08. The van der Waals surface area contributed by atoms with Crippen LogP contribution in [-0.4, -0.2) is 10.8 Å². The molecule has 2 nitrogen and oxygen atoms in total. The van der Waals surface area contributed by atoms with Gasteiger partial charge in [0, 0.05) is 23.7 Å². The van der Waals surface area contributed by atoms with Gasteiger partial charge in [0.1, 0.15) is 0 Å². The number of nitrogens with zero attached hydrogens (tertiary/aromatic N) is 1. The lowest BCUT2D eigenvalue weighted by Crippen LogP contribution is -2.20. The molecule has 0 spiro atoms. The molecule has 1 aliphatic carbocycles. The zero-order chi connectivity index (χ0) is 12.1. The fourth-order valence-corrected chi connectivity index (χ4v) is 2.59. The smallest absolute Gasteiger partial charge is 0.158 e. The van der Waals surface area contributed by atoms with Gasteiger partial charge in [0.05, 0.1) is 0 Å².